The highest BCUT2D eigenvalue weighted by Crippen LogP contribution is 2.48. The van der Waals surface area contributed by atoms with Crippen LogP contribution in [0.3, 0.4) is 0 Å². The van der Waals surface area contributed by atoms with Crippen LogP contribution in [0.25, 0.3) is 16.3 Å². The molecule has 0 bridgehead atoms. The maximum Gasteiger partial charge on any atom is 0.263 e. The zero-order valence-corrected chi connectivity index (χ0v) is 24.5. The zero-order chi connectivity index (χ0) is 25.6. The van der Waals surface area contributed by atoms with Crippen LogP contribution in [0.5, 0.6) is 0 Å². The van der Waals surface area contributed by atoms with Crippen LogP contribution in [0, 0.1) is 5.92 Å². The van der Waals surface area contributed by atoms with Gasteiger partial charge in [0.1, 0.15) is 4.70 Å². The molecule has 1 aromatic heterocycles. The normalized spacial score (nSPS) is 22.6. The highest BCUT2D eigenvalue weighted by Gasteiger charge is 2.29. The van der Waals surface area contributed by atoms with Gasteiger partial charge in [-0.2, -0.15) is 4.57 Å². The summed E-state index contributed by atoms with van der Waals surface area (Å²) in [6.45, 7) is 4.36. The number of benzene rings is 2. The van der Waals surface area contributed by atoms with Gasteiger partial charge < -0.3 is 9.08 Å². The number of hydrogen-bond donors (Lipinski definition) is 0. The molecule has 0 saturated carbocycles. The fourth-order valence-corrected chi connectivity index (χ4v) is 9.28. The second-order valence-electron chi connectivity index (χ2n) is 10.5. The first-order valence-corrected chi connectivity index (χ1v) is 16.2. The lowest BCUT2D eigenvalue weighted by molar-refractivity contribution is -0.671. The molecular formula is C32H33N2OS3+. The van der Waals surface area contributed by atoms with Gasteiger partial charge in [-0.3, -0.25) is 0 Å². The van der Waals surface area contributed by atoms with Gasteiger partial charge in [0.2, 0.25) is 5.52 Å². The number of anilines is 1. The van der Waals surface area contributed by atoms with E-state index in [9.17, 15) is 0 Å². The third-order valence-electron chi connectivity index (χ3n) is 8.21. The minimum atomic E-state index is 0.707. The first-order chi connectivity index (χ1) is 18.7. The molecule has 1 unspecified atom stereocenters. The van der Waals surface area contributed by atoms with Gasteiger partial charge >= 0.3 is 0 Å². The molecule has 3 heterocycles. The molecule has 0 spiro atoms. The quantitative estimate of drug-likeness (QED) is 0.230. The summed E-state index contributed by atoms with van der Waals surface area (Å²) in [5.74, 6) is 0.707. The summed E-state index contributed by atoms with van der Waals surface area (Å²) in [7, 11) is 1.73. The highest BCUT2D eigenvalue weighted by molar-refractivity contribution is 8.03. The van der Waals surface area contributed by atoms with E-state index < -0.39 is 0 Å². The van der Waals surface area contributed by atoms with E-state index >= 15 is 0 Å². The molecule has 3 nitrogen and oxygen atoms in total. The Bertz CT molecular complexity index is 1540. The Morgan fingerprint density at radius 3 is 2.92 bits per heavy atom. The topological polar surface area (TPSA) is 16.4 Å². The Hall–Kier alpha value is -2.25. The van der Waals surface area contributed by atoms with E-state index in [1.165, 1.54) is 104 Å². The van der Waals surface area contributed by atoms with Crippen molar-refractivity contribution in [1.82, 2.24) is 0 Å². The Labute approximate surface area is 238 Å². The second-order valence-corrected chi connectivity index (χ2v) is 13.6. The lowest BCUT2D eigenvalue weighted by Crippen LogP contribution is -2.38. The summed E-state index contributed by atoms with van der Waals surface area (Å²) >= 11 is 5.29. The van der Waals surface area contributed by atoms with Crippen molar-refractivity contribution in [1.29, 1.82) is 0 Å². The second kappa shape index (κ2) is 10.4. The van der Waals surface area contributed by atoms with Crippen molar-refractivity contribution in [2.24, 2.45) is 5.92 Å². The first-order valence-electron chi connectivity index (χ1n) is 13.8. The van der Waals surface area contributed by atoms with Crippen molar-refractivity contribution < 1.29 is 8.75 Å². The number of allylic oxidation sites excluding steroid dienone is 6. The lowest BCUT2D eigenvalue weighted by Gasteiger charge is -2.28. The summed E-state index contributed by atoms with van der Waals surface area (Å²) in [5.41, 5.74) is 8.78. The van der Waals surface area contributed by atoms with Crippen LogP contribution in [0.2, 0.25) is 0 Å². The smallest absolute Gasteiger partial charge is 0.263 e. The van der Waals surface area contributed by atoms with Gasteiger partial charge in [-0.15, -0.1) is 0 Å². The van der Waals surface area contributed by atoms with Gasteiger partial charge in [0.15, 0.2) is 6.54 Å². The Kier molecular flexibility index (Phi) is 6.77. The number of aromatic nitrogens is 1. The van der Waals surface area contributed by atoms with E-state index in [-0.39, 0.29) is 0 Å². The van der Waals surface area contributed by atoms with Crippen LogP contribution in [0.1, 0.15) is 49.6 Å². The standard InChI is InChI=1S/C32H33N2OS3/c1-3-33-27-20-26(38-35-2)13-14-28(27)36-30(33)18-21-9-11-23-12-10-22(17-25(23)16-21)19-31-34-15-5-7-24-6-4-8-29(37-31)32(24)34/h4,6,8,13-14,16-20,23H,3,5,7,9-12,15H2,1-2H3/q+1. The molecule has 3 aromatic rings. The van der Waals surface area contributed by atoms with Crippen LogP contribution in [-0.4, -0.2) is 13.7 Å². The van der Waals surface area contributed by atoms with Gasteiger partial charge in [0.05, 0.1) is 17.8 Å². The molecule has 7 rings (SSSR count). The summed E-state index contributed by atoms with van der Waals surface area (Å²) in [6.07, 6.45) is 17.3. The first kappa shape index (κ1) is 24.8. The van der Waals surface area contributed by atoms with E-state index in [1.54, 1.807) is 7.11 Å². The van der Waals surface area contributed by atoms with E-state index in [2.05, 4.69) is 77.1 Å². The molecule has 4 aliphatic rings. The molecule has 1 atom stereocenters. The van der Waals surface area contributed by atoms with Crippen molar-refractivity contribution in [2.45, 2.75) is 61.8 Å². The molecule has 0 saturated heterocycles. The summed E-state index contributed by atoms with van der Waals surface area (Å²) in [6, 6.07) is 13.5. The number of fused-ring (bicyclic) bond motifs is 2. The number of thioether (sulfide) groups is 1. The average Bonchev–Trinajstić information content (AvgIpc) is 3.47. The van der Waals surface area contributed by atoms with Crippen LogP contribution >= 0.6 is 35.1 Å². The van der Waals surface area contributed by atoms with Gasteiger partial charge in [0.25, 0.3) is 5.01 Å². The minimum absolute atomic E-state index is 0.707. The maximum atomic E-state index is 5.29. The van der Waals surface area contributed by atoms with Gasteiger partial charge in [-0.05, 0) is 92.0 Å². The van der Waals surface area contributed by atoms with Crippen molar-refractivity contribution >= 4 is 57.1 Å². The van der Waals surface area contributed by atoms with Crippen LogP contribution in [-0.2, 0) is 17.1 Å². The Balaban J connectivity index is 1.19. The summed E-state index contributed by atoms with van der Waals surface area (Å²) in [4.78, 5) is 4.94. The predicted octanol–water partition coefficient (Wildman–Crippen LogP) is 8.70. The lowest BCUT2D eigenvalue weighted by atomic mass is 9.77. The molecule has 0 amide bonds. The van der Waals surface area contributed by atoms with Crippen LogP contribution in [0.4, 0.5) is 5.69 Å². The van der Waals surface area contributed by atoms with Gasteiger partial charge in [-0.1, -0.05) is 47.4 Å². The number of para-hydroxylation sites is 1. The average molecular weight is 558 g/mol. The molecule has 0 fully saturated rings. The molecule has 0 N–H and O–H groups in total. The van der Waals surface area contributed by atoms with Gasteiger partial charge in [-0.25, -0.2) is 0 Å². The highest BCUT2D eigenvalue weighted by atomic mass is 32.2. The van der Waals surface area contributed by atoms with Crippen molar-refractivity contribution in [3.05, 3.63) is 86.9 Å². The largest absolute Gasteiger partial charge is 0.335 e. The minimum Gasteiger partial charge on any atom is -0.335 e. The third-order valence-corrected chi connectivity index (χ3v) is 11.0. The summed E-state index contributed by atoms with van der Waals surface area (Å²) < 4.78 is 9.31. The molecule has 194 valence electrons. The molecule has 0 radical (unpaired) electrons. The van der Waals surface area contributed by atoms with Gasteiger partial charge in [0, 0.05) is 46.4 Å². The fraction of sp³-hybridized carbons (Fsp3) is 0.344. The van der Waals surface area contributed by atoms with Crippen molar-refractivity contribution in [3.63, 3.8) is 0 Å². The molecule has 38 heavy (non-hydrogen) atoms. The Morgan fingerprint density at radius 1 is 1.11 bits per heavy atom. The fourth-order valence-electron chi connectivity index (χ4n) is 6.41. The predicted molar refractivity (Wildman–Crippen MR) is 163 cm³/mol. The third kappa shape index (κ3) is 4.49. The van der Waals surface area contributed by atoms with Crippen LogP contribution < -0.4 is 9.47 Å². The van der Waals surface area contributed by atoms with E-state index in [0.29, 0.717) is 5.92 Å². The monoisotopic (exact) mass is 557 g/mol. The zero-order valence-electron chi connectivity index (χ0n) is 22.0. The maximum absolute atomic E-state index is 5.29. The number of nitrogens with zero attached hydrogens (tertiary/aromatic N) is 2. The number of aryl methyl sites for hydroxylation is 2. The summed E-state index contributed by atoms with van der Waals surface area (Å²) in [5, 5.41) is 2.76. The van der Waals surface area contributed by atoms with E-state index in [0.717, 1.165) is 18.0 Å². The van der Waals surface area contributed by atoms with Crippen LogP contribution in [0.15, 0.2) is 86.2 Å². The number of rotatable bonds is 5. The molecule has 6 heteroatoms. The SMILES string of the molecule is CCN1/C(=C/C2=CC3=C/C(=C/c4sc5cccc6c5[n+]4CCC6)CCC3CC2)Sc2ccc(SOC)cc21. The molecular weight excluding hydrogens is 525 g/mol. The molecule has 2 aliphatic carbocycles. The number of thiazole rings is 1. The van der Waals surface area contributed by atoms with E-state index in [4.69, 9.17) is 4.18 Å². The molecule has 2 aromatic carbocycles. The number of hydrogen-bond acceptors (Lipinski definition) is 5. The molecule has 2 aliphatic heterocycles. The Morgan fingerprint density at radius 2 is 2.03 bits per heavy atom. The van der Waals surface area contributed by atoms with Crippen molar-refractivity contribution in [3.8, 4) is 0 Å². The van der Waals surface area contributed by atoms with Crippen molar-refractivity contribution in [2.75, 3.05) is 18.6 Å². The van der Waals surface area contributed by atoms with E-state index in [1.807, 2.05) is 23.1 Å².